The largest absolute Gasteiger partial charge is 0.477 e. The first-order valence-electron chi connectivity index (χ1n) is 10.1. The number of alkyl halides is 3. The van der Waals surface area contributed by atoms with E-state index in [2.05, 4.69) is 10.1 Å². The van der Waals surface area contributed by atoms with Crippen molar-refractivity contribution >= 4 is 23.3 Å². The Kier molecular flexibility index (Phi) is 7.10. The SMILES string of the molecule is CC(C)OC(=O)c1cnn(-c2ccc(N(N)/C=C(\N)c3ccnc(C(=O)O)c3)cc2)c1C(F)(F)F. The number of pyridine rings is 1. The first kappa shape index (κ1) is 25.2. The number of carboxylic acid groups (broad SMARTS) is 1. The summed E-state index contributed by atoms with van der Waals surface area (Å²) >= 11 is 0. The van der Waals surface area contributed by atoms with Gasteiger partial charge in [-0.05, 0) is 50.2 Å². The molecule has 0 unspecified atom stereocenters. The predicted molar refractivity (Wildman–Crippen MR) is 119 cm³/mol. The molecular weight excluding hydrogens is 469 g/mol. The van der Waals surface area contributed by atoms with E-state index in [9.17, 15) is 22.8 Å². The molecule has 35 heavy (non-hydrogen) atoms. The second kappa shape index (κ2) is 9.85. The van der Waals surface area contributed by atoms with Gasteiger partial charge in [-0.2, -0.15) is 18.3 Å². The normalized spacial score (nSPS) is 12.0. The van der Waals surface area contributed by atoms with Gasteiger partial charge in [0.2, 0.25) is 0 Å². The number of carbonyl (C=O) groups is 2. The highest BCUT2D eigenvalue weighted by Crippen LogP contribution is 2.34. The summed E-state index contributed by atoms with van der Waals surface area (Å²) in [6.07, 6.45) is -2.09. The van der Waals surface area contributed by atoms with Crippen LogP contribution >= 0.6 is 0 Å². The van der Waals surface area contributed by atoms with E-state index in [-0.39, 0.29) is 17.1 Å². The number of benzene rings is 1. The molecule has 0 aliphatic rings. The molecule has 0 saturated carbocycles. The summed E-state index contributed by atoms with van der Waals surface area (Å²) in [6.45, 7) is 3.04. The van der Waals surface area contributed by atoms with E-state index in [4.69, 9.17) is 21.4 Å². The van der Waals surface area contributed by atoms with Crippen molar-refractivity contribution in [1.29, 1.82) is 0 Å². The number of rotatable bonds is 7. The predicted octanol–water partition coefficient (Wildman–Crippen LogP) is 3.19. The summed E-state index contributed by atoms with van der Waals surface area (Å²) in [5.41, 5.74) is 4.67. The van der Waals surface area contributed by atoms with Crippen molar-refractivity contribution in [2.75, 3.05) is 5.01 Å². The Morgan fingerprint density at radius 1 is 1.20 bits per heavy atom. The Morgan fingerprint density at radius 3 is 2.43 bits per heavy atom. The van der Waals surface area contributed by atoms with E-state index in [0.717, 1.165) is 11.2 Å². The molecule has 0 fully saturated rings. The van der Waals surface area contributed by atoms with Crippen molar-refractivity contribution in [3.63, 3.8) is 0 Å². The number of aromatic nitrogens is 3. The summed E-state index contributed by atoms with van der Waals surface area (Å²) < 4.78 is 46.8. The topological polar surface area (TPSA) is 150 Å². The van der Waals surface area contributed by atoms with Crippen LogP contribution < -0.4 is 16.6 Å². The molecule has 5 N–H and O–H groups in total. The molecule has 0 atom stereocenters. The summed E-state index contributed by atoms with van der Waals surface area (Å²) in [7, 11) is 0. The van der Waals surface area contributed by atoms with Crippen LogP contribution in [0, 0.1) is 0 Å². The Bertz CT molecular complexity index is 1270. The van der Waals surface area contributed by atoms with Crippen molar-refractivity contribution < 1.29 is 32.6 Å². The fourth-order valence-electron chi connectivity index (χ4n) is 3.04. The molecule has 1 aromatic carbocycles. The molecule has 184 valence electrons. The maximum absolute atomic E-state index is 13.8. The standard InChI is InChI=1S/C22H21F3N6O4/c1-12(2)35-21(34)16-10-29-31(19(16)22(23,24)25)15-5-3-14(4-6-15)30(27)11-17(26)13-7-8-28-18(9-13)20(32)33/h3-12H,26-27H2,1-2H3,(H,32,33)/b17-11-. The zero-order valence-corrected chi connectivity index (χ0v) is 18.5. The van der Waals surface area contributed by atoms with E-state index >= 15 is 0 Å². The quantitative estimate of drug-likeness (QED) is 0.258. The Labute approximate surface area is 197 Å². The minimum Gasteiger partial charge on any atom is -0.477 e. The lowest BCUT2D eigenvalue weighted by Crippen LogP contribution is -2.25. The first-order valence-corrected chi connectivity index (χ1v) is 10.1. The third-order valence-electron chi connectivity index (χ3n) is 4.58. The number of hydrogen-bond donors (Lipinski definition) is 3. The number of nitrogens with two attached hydrogens (primary N) is 2. The van der Waals surface area contributed by atoms with E-state index < -0.39 is 35.5 Å². The molecule has 10 nitrogen and oxygen atoms in total. The molecule has 2 heterocycles. The number of aromatic carboxylic acids is 1. The fraction of sp³-hybridized carbons (Fsp3) is 0.182. The van der Waals surface area contributed by atoms with Crippen molar-refractivity contribution in [2.24, 2.45) is 11.6 Å². The Morgan fingerprint density at radius 2 is 1.86 bits per heavy atom. The van der Waals surface area contributed by atoms with Crippen LogP contribution in [0.15, 0.2) is 55.0 Å². The fourth-order valence-corrected chi connectivity index (χ4v) is 3.04. The number of carboxylic acids is 1. The van der Waals surface area contributed by atoms with Crippen LogP contribution in [0.2, 0.25) is 0 Å². The van der Waals surface area contributed by atoms with Crippen LogP contribution in [0.3, 0.4) is 0 Å². The third-order valence-corrected chi connectivity index (χ3v) is 4.58. The number of anilines is 1. The van der Waals surface area contributed by atoms with Gasteiger partial charge in [-0.1, -0.05) is 0 Å². The van der Waals surface area contributed by atoms with Gasteiger partial charge in [-0.3, -0.25) is 5.01 Å². The summed E-state index contributed by atoms with van der Waals surface area (Å²) in [5.74, 6) is 3.63. The van der Waals surface area contributed by atoms with Crippen LogP contribution in [-0.2, 0) is 10.9 Å². The van der Waals surface area contributed by atoms with Gasteiger partial charge in [0.15, 0.2) is 5.69 Å². The molecule has 0 bridgehead atoms. The maximum Gasteiger partial charge on any atom is 0.434 e. The van der Waals surface area contributed by atoms with Gasteiger partial charge in [-0.15, -0.1) is 0 Å². The number of hydrazine groups is 1. The molecule has 2 aromatic heterocycles. The average Bonchev–Trinajstić information content (AvgIpc) is 3.25. The van der Waals surface area contributed by atoms with Gasteiger partial charge in [0.05, 0.1) is 29.4 Å². The smallest absolute Gasteiger partial charge is 0.434 e. The van der Waals surface area contributed by atoms with E-state index in [1.807, 2.05) is 0 Å². The highest BCUT2D eigenvalue weighted by molar-refractivity contribution is 5.91. The zero-order chi connectivity index (χ0) is 25.9. The van der Waals surface area contributed by atoms with Gasteiger partial charge in [0.25, 0.3) is 0 Å². The number of carbonyl (C=O) groups excluding carboxylic acids is 1. The Balaban J connectivity index is 1.89. The third kappa shape index (κ3) is 5.76. The highest BCUT2D eigenvalue weighted by Gasteiger charge is 2.41. The lowest BCUT2D eigenvalue weighted by molar-refractivity contribution is -0.143. The number of nitrogens with zero attached hydrogens (tertiary/aromatic N) is 4. The van der Waals surface area contributed by atoms with Crippen molar-refractivity contribution in [3.8, 4) is 5.69 Å². The second-order valence-corrected chi connectivity index (χ2v) is 7.51. The molecule has 13 heteroatoms. The monoisotopic (exact) mass is 490 g/mol. The molecule has 3 aromatic rings. The van der Waals surface area contributed by atoms with Crippen molar-refractivity contribution in [1.82, 2.24) is 14.8 Å². The Hall–Kier alpha value is -4.39. The number of hydrogen-bond acceptors (Lipinski definition) is 8. The van der Waals surface area contributed by atoms with Gasteiger partial charge in [0.1, 0.15) is 11.3 Å². The number of halogens is 3. The molecule has 0 saturated heterocycles. The van der Waals surface area contributed by atoms with Crippen LogP contribution in [-0.4, -0.2) is 37.9 Å². The van der Waals surface area contributed by atoms with E-state index in [1.54, 1.807) is 0 Å². The van der Waals surface area contributed by atoms with E-state index in [0.29, 0.717) is 15.9 Å². The van der Waals surface area contributed by atoms with Crippen molar-refractivity contribution in [3.05, 3.63) is 77.5 Å². The molecule has 0 aliphatic carbocycles. The van der Waals surface area contributed by atoms with Gasteiger partial charge < -0.3 is 15.6 Å². The minimum absolute atomic E-state index is 0.0234. The summed E-state index contributed by atoms with van der Waals surface area (Å²) in [6, 6.07) is 8.25. The number of ether oxygens (including phenoxy) is 1. The maximum atomic E-state index is 13.8. The highest BCUT2D eigenvalue weighted by atomic mass is 19.4. The molecular formula is C22H21F3N6O4. The zero-order valence-electron chi connectivity index (χ0n) is 18.5. The minimum atomic E-state index is -4.88. The van der Waals surface area contributed by atoms with Gasteiger partial charge >= 0.3 is 18.1 Å². The van der Waals surface area contributed by atoms with Crippen LogP contribution in [0.25, 0.3) is 11.4 Å². The van der Waals surface area contributed by atoms with E-state index in [1.165, 1.54) is 62.6 Å². The molecule has 0 spiro atoms. The van der Waals surface area contributed by atoms with Crippen LogP contribution in [0.5, 0.6) is 0 Å². The second-order valence-electron chi connectivity index (χ2n) is 7.51. The van der Waals surface area contributed by atoms with Crippen LogP contribution in [0.1, 0.15) is 46.0 Å². The first-order chi connectivity index (χ1) is 16.4. The van der Waals surface area contributed by atoms with Crippen molar-refractivity contribution in [2.45, 2.75) is 26.1 Å². The van der Waals surface area contributed by atoms with Gasteiger partial charge in [0, 0.05) is 18.0 Å². The summed E-state index contributed by atoms with van der Waals surface area (Å²) in [4.78, 5) is 26.9. The average molecular weight is 490 g/mol. The number of esters is 1. The lowest BCUT2D eigenvalue weighted by Gasteiger charge is -2.17. The molecule has 0 radical (unpaired) electrons. The molecule has 0 aliphatic heterocycles. The summed E-state index contributed by atoms with van der Waals surface area (Å²) in [5, 5.41) is 13.9. The van der Waals surface area contributed by atoms with Gasteiger partial charge in [-0.25, -0.2) is 25.1 Å². The lowest BCUT2D eigenvalue weighted by atomic mass is 10.2. The molecule has 0 amide bonds. The molecule has 3 rings (SSSR count). The van der Waals surface area contributed by atoms with Crippen LogP contribution in [0.4, 0.5) is 18.9 Å².